The molecule has 2 atom stereocenters. The van der Waals surface area contributed by atoms with Gasteiger partial charge in [0.05, 0.1) is 11.8 Å². The van der Waals surface area contributed by atoms with E-state index in [4.69, 9.17) is 4.74 Å². The number of aryl methyl sites for hydroxylation is 2. The number of anilines is 1. The van der Waals surface area contributed by atoms with Crippen molar-refractivity contribution in [1.82, 2.24) is 25.1 Å². The Kier molecular flexibility index (Phi) is 8.19. The smallest absolute Gasteiger partial charge is 0.408 e. The number of nitrogens with zero attached hydrogens (tertiary/aromatic N) is 4. The number of fused-ring (bicyclic) bond motifs is 1. The molecule has 9 nitrogen and oxygen atoms in total. The van der Waals surface area contributed by atoms with Gasteiger partial charge in [-0.3, -0.25) is 4.79 Å². The van der Waals surface area contributed by atoms with Crippen molar-refractivity contribution in [3.8, 4) is 0 Å². The van der Waals surface area contributed by atoms with Gasteiger partial charge in [0.25, 0.3) is 0 Å². The normalized spacial score (nSPS) is 13.5. The predicted molar refractivity (Wildman–Crippen MR) is 135 cm³/mol. The van der Waals surface area contributed by atoms with Gasteiger partial charge in [0, 0.05) is 5.69 Å². The molecule has 0 saturated heterocycles. The fourth-order valence-electron chi connectivity index (χ4n) is 3.31. The Morgan fingerprint density at radius 3 is 2.50 bits per heavy atom. The van der Waals surface area contributed by atoms with Crippen molar-refractivity contribution in [2.24, 2.45) is 5.92 Å². The number of rotatable bonds is 8. The van der Waals surface area contributed by atoms with Gasteiger partial charge in [0.2, 0.25) is 10.9 Å². The van der Waals surface area contributed by atoms with Gasteiger partial charge in [-0.05, 0) is 51.7 Å². The minimum absolute atomic E-state index is 0.0841. The van der Waals surface area contributed by atoms with Crippen molar-refractivity contribution >= 4 is 45.7 Å². The topological polar surface area (TPSA) is 111 Å². The molecule has 3 rings (SSSR count). The highest BCUT2D eigenvalue weighted by Gasteiger charge is 2.29. The average molecular weight is 505 g/mol. The van der Waals surface area contributed by atoms with E-state index in [1.807, 2.05) is 66.7 Å². The lowest BCUT2D eigenvalue weighted by molar-refractivity contribution is -0.113. The fraction of sp³-hybridized carbons (Fsp3) is 0.522. The summed E-state index contributed by atoms with van der Waals surface area (Å²) in [6, 6.07) is 5.50. The van der Waals surface area contributed by atoms with Crippen LogP contribution in [0.2, 0.25) is 0 Å². The monoisotopic (exact) mass is 504 g/mol. The molecule has 3 aromatic rings. The number of hydrogen-bond acceptors (Lipinski definition) is 8. The van der Waals surface area contributed by atoms with Gasteiger partial charge in [0.15, 0.2) is 10.2 Å². The number of amides is 2. The summed E-state index contributed by atoms with van der Waals surface area (Å²) < 4.78 is 7.78. The van der Waals surface area contributed by atoms with Crippen molar-refractivity contribution in [2.75, 3.05) is 11.1 Å². The molecule has 0 bridgehead atoms. The molecule has 34 heavy (non-hydrogen) atoms. The van der Waals surface area contributed by atoms with E-state index in [0.29, 0.717) is 15.1 Å². The third-order valence-electron chi connectivity index (χ3n) is 5.23. The Hall–Kier alpha value is -2.66. The molecule has 2 N–H and O–H groups in total. The summed E-state index contributed by atoms with van der Waals surface area (Å²) in [5.74, 6) is 0.745. The first-order valence-corrected chi connectivity index (χ1v) is 13.0. The summed E-state index contributed by atoms with van der Waals surface area (Å²) in [6.07, 6.45) is 0.308. The summed E-state index contributed by atoms with van der Waals surface area (Å²) >= 11 is 2.70. The van der Waals surface area contributed by atoms with Crippen LogP contribution in [-0.2, 0) is 9.53 Å². The van der Waals surface area contributed by atoms with Crippen molar-refractivity contribution in [2.45, 2.75) is 70.9 Å². The number of ether oxygens (including phenoxy) is 1. The number of carbonyl (C=O) groups excluding carboxylic acids is 2. The van der Waals surface area contributed by atoms with Crippen LogP contribution in [-0.4, -0.2) is 43.2 Å². The summed E-state index contributed by atoms with van der Waals surface area (Å²) in [7, 11) is 0. The number of nitrogens with one attached hydrogen (secondary N) is 2. The van der Waals surface area contributed by atoms with Gasteiger partial charge in [-0.2, -0.15) is 4.52 Å². The van der Waals surface area contributed by atoms with Crippen LogP contribution in [0.4, 0.5) is 10.5 Å². The van der Waals surface area contributed by atoms with Crippen molar-refractivity contribution in [3.05, 3.63) is 35.2 Å². The number of alkyl carbamates (subject to hydrolysis) is 1. The van der Waals surface area contributed by atoms with E-state index < -0.39 is 17.7 Å². The number of carbonyl (C=O) groups is 2. The summed E-state index contributed by atoms with van der Waals surface area (Å²) in [5, 5.41) is 19.0. The van der Waals surface area contributed by atoms with E-state index in [0.717, 1.165) is 23.2 Å². The van der Waals surface area contributed by atoms with E-state index in [-0.39, 0.29) is 17.6 Å². The number of benzene rings is 1. The molecule has 2 heterocycles. The maximum Gasteiger partial charge on any atom is 0.408 e. The Balaban J connectivity index is 1.72. The fourth-order valence-corrected chi connectivity index (χ4v) is 5.00. The Labute approximate surface area is 208 Å². The first kappa shape index (κ1) is 26.0. The van der Waals surface area contributed by atoms with Crippen LogP contribution >= 0.6 is 23.1 Å². The molecular formula is C23H32N6O3S2. The van der Waals surface area contributed by atoms with Crippen LogP contribution in [0.15, 0.2) is 22.5 Å². The van der Waals surface area contributed by atoms with Crippen LogP contribution in [0.25, 0.3) is 4.96 Å². The Bertz CT molecular complexity index is 1150. The molecule has 0 spiro atoms. The maximum absolute atomic E-state index is 12.5. The lowest BCUT2D eigenvalue weighted by Crippen LogP contribution is -2.38. The average Bonchev–Trinajstić information content (AvgIpc) is 3.32. The maximum atomic E-state index is 12.5. The molecule has 184 valence electrons. The van der Waals surface area contributed by atoms with Crippen molar-refractivity contribution < 1.29 is 14.3 Å². The van der Waals surface area contributed by atoms with Gasteiger partial charge in [0.1, 0.15) is 5.60 Å². The molecule has 0 radical (unpaired) electrons. The SMILES string of the molecule is CCC(C)C(NC(=O)OC(C)(C)C)c1nnc2sc(SCC(=O)Nc3c(C)cccc3C)nn12. The molecular weight excluding hydrogens is 472 g/mol. The molecule has 0 aliphatic rings. The summed E-state index contributed by atoms with van der Waals surface area (Å²) in [6.45, 7) is 13.5. The highest BCUT2D eigenvalue weighted by Crippen LogP contribution is 2.29. The van der Waals surface area contributed by atoms with Crippen LogP contribution in [0.1, 0.15) is 64.0 Å². The van der Waals surface area contributed by atoms with Crippen molar-refractivity contribution in [3.63, 3.8) is 0 Å². The van der Waals surface area contributed by atoms with E-state index in [1.54, 1.807) is 4.52 Å². The van der Waals surface area contributed by atoms with E-state index in [1.165, 1.54) is 23.1 Å². The molecule has 2 aromatic heterocycles. The zero-order chi connectivity index (χ0) is 25.0. The first-order valence-electron chi connectivity index (χ1n) is 11.2. The Morgan fingerprint density at radius 1 is 1.21 bits per heavy atom. The van der Waals surface area contributed by atoms with Crippen LogP contribution < -0.4 is 10.6 Å². The van der Waals surface area contributed by atoms with Gasteiger partial charge >= 0.3 is 6.09 Å². The van der Waals surface area contributed by atoms with Crippen LogP contribution in [0.3, 0.4) is 0 Å². The zero-order valence-corrected chi connectivity index (χ0v) is 22.3. The summed E-state index contributed by atoms with van der Waals surface area (Å²) in [5.41, 5.74) is 2.29. The van der Waals surface area contributed by atoms with Gasteiger partial charge in [-0.1, -0.05) is 61.6 Å². The van der Waals surface area contributed by atoms with Crippen LogP contribution in [0.5, 0.6) is 0 Å². The second kappa shape index (κ2) is 10.7. The highest BCUT2D eigenvalue weighted by atomic mass is 32.2. The standard InChI is InChI=1S/C23H32N6O3S2/c1-8-13(2)18(25-21(31)32-23(5,6)7)19-26-27-20-29(19)28-22(34-20)33-12-16(30)24-17-14(3)10-9-11-15(17)4/h9-11,13,18H,8,12H2,1-7H3,(H,24,30)(H,25,31). The quantitative estimate of drug-likeness (QED) is 0.408. The molecule has 1 aromatic carbocycles. The van der Waals surface area contributed by atoms with E-state index in [9.17, 15) is 9.59 Å². The predicted octanol–water partition coefficient (Wildman–Crippen LogP) is 5.15. The second-order valence-electron chi connectivity index (χ2n) is 9.23. The van der Waals surface area contributed by atoms with E-state index in [2.05, 4.69) is 25.9 Å². The number of para-hydroxylation sites is 1. The van der Waals surface area contributed by atoms with Gasteiger partial charge < -0.3 is 15.4 Å². The van der Waals surface area contributed by atoms with Crippen molar-refractivity contribution in [1.29, 1.82) is 0 Å². The third-order valence-corrected chi connectivity index (χ3v) is 7.26. The lowest BCUT2D eigenvalue weighted by Gasteiger charge is -2.25. The molecule has 0 fully saturated rings. The van der Waals surface area contributed by atoms with Gasteiger partial charge in [-0.15, -0.1) is 15.3 Å². The largest absolute Gasteiger partial charge is 0.444 e. The highest BCUT2D eigenvalue weighted by molar-refractivity contribution is 8.01. The Morgan fingerprint density at radius 2 is 1.88 bits per heavy atom. The summed E-state index contributed by atoms with van der Waals surface area (Å²) in [4.78, 5) is 25.6. The van der Waals surface area contributed by atoms with Crippen LogP contribution in [0, 0.1) is 19.8 Å². The molecule has 0 aliphatic carbocycles. The molecule has 11 heteroatoms. The molecule has 0 saturated carbocycles. The minimum Gasteiger partial charge on any atom is -0.444 e. The van der Waals surface area contributed by atoms with E-state index >= 15 is 0 Å². The number of thioether (sulfide) groups is 1. The molecule has 2 unspecified atom stereocenters. The first-order chi connectivity index (χ1) is 16.0. The lowest BCUT2D eigenvalue weighted by atomic mass is 9.99. The number of hydrogen-bond donors (Lipinski definition) is 2. The second-order valence-corrected chi connectivity index (χ2v) is 11.4. The molecule has 2 amide bonds. The zero-order valence-electron chi connectivity index (χ0n) is 20.6. The van der Waals surface area contributed by atoms with Gasteiger partial charge in [-0.25, -0.2) is 4.79 Å². The minimum atomic E-state index is -0.605. The molecule has 0 aliphatic heterocycles. The third kappa shape index (κ3) is 6.47. The number of aromatic nitrogens is 4.